The highest BCUT2D eigenvalue weighted by Gasteiger charge is 2.51. The highest BCUT2D eigenvalue weighted by atomic mass is 16.7. The lowest BCUT2D eigenvalue weighted by Gasteiger charge is -2.45. The van der Waals surface area contributed by atoms with Gasteiger partial charge in [-0.1, -0.05) is 0 Å². The Morgan fingerprint density at radius 3 is 1.53 bits per heavy atom. The molecule has 34 heavy (non-hydrogen) atoms. The lowest BCUT2D eigenvalue weighted by atomic mass is 9.97. The molecule has 3 fully saturated rings. The van der Waals surface area contributed by atoms with E-state index in [1.165, 1.54) is 0 Å². The molecular formula is C18H32O16. The minimum atomic E-state index is -1.93. The second-order valence-corrected chi connectivity index (χ2v) is 8.37. The van der Waals surface area contributed by atoms with E-state index in [0.717, 1.165) is 0 Å². The van der Waals surface area contributed by atoms with Crippen LogP contribution >= 0.6 is 0 Å². The summed E-state index contributed by atoms with van der Waals surface area (Å²) in [6.07, 6.45) is -24.9. The maximum absolute atomic E-state index is 10.6. The first kappa shape index (κ1) is 27.9. The zero-order valence-corrected chi connectivity index (χ0v) is 17.7. The molecule has 16 heteroatoms. The molecule has 3 aliphatic rings. The van der Waals surface area contributed by atoms with Crippen molar-refractivity contribution in [1.29, 1.82) is 0 Å². The Bertz CT molecular complexity index is 637. The van der Waals surface area contributed by atoms with Gasteiger partial charge in [0.15, 0.2) is 18.9 Å². The molecule has 8 unspecified atom stereocenters. The smallest absolute Gasteiger partial charge is 0.187 e. The first-order valence-electron chi connectivity index (χ1n) is 10.6. The maximum Gasteiger partial charge on any atom is 0.187 e. The largest absolute Gasteiger partial charge is 0.394 e. The van der Waals surface area contributed by atoms with E-state index < -0.39 is 112 Å². The highest BCUT2D eigenvalue weighted by molar-refractivity contribution is 4.94. The summed E-state index contributed by atoms with van der Waals surface area (Å²) in [5.41, 5.74) is 0. The van der Waals surface area contributed by atoms with Gasteiger partial charge in [0.25, 0.3) is 0 Å². The van der Waals surface area contributed by atoms with Crippen molar-refractivity contribution in [2.45, 2.75) is 92.1 Å². The molecule has 0 aromatic rings. The molecular weight excluding hydrogens is 472 g/mol. The third-order valence-corrected chi connectivity index (χ3v) is 6.07. The molecule has 0 aliphatic carbocycles. The van der Waals surface area contributed by atoms with Gasteiger partial charge in [-0.05, 0) is 0 Å². The molecule has 15 atom stereocenters. The number of aliphatic hydroxyl groups excluding tert-OH is 11. The molecule has 0 amide bonds. The van der Waals surface area contributed by atoms with Crippen molar-refractivity contribution >= 4 is 0 Å². The van der Waals surface area contributed by atoms with Gasteiger partial charge in [-0.25, -0.2) is 0 Å². The summed E-state index contributed by atoms with van der Waals surface area (Å²) in [6, 6.07) is 0. The Balaban J connectivity index is 1.65. The Hall–Kier alpha value is -0.640. The Kier molecular flexibility index (Phi) is 9.54. The lowest BCUT2D eigenvalue weighted by molar-refractivity contribution is -0.361. The number of rotatable bonds is 7. The van der Waals surface area contributed by atoms with Crippen LogP contribution in [0.4, 0.5) is 0 Å². The summed E-state index contributed by atoms with van der Waals surface area (Å²) >= 11 is 0. The zero-order chi connectivity index (χ0) is 25.3. The maximum atomic E-state index is 10.6. The number of ether oxygens (including phenoxy) is 5. The van der Waals surface area contributed by atoms with Crippen LogP contribution in [0.3, 0.4) is 0 Å². The first-order valence-corrected chi connectivity index (χ1v) is 10.6. The van der Waals surface area contributed by atoms with E-state index in [2.05, 4.69) is 0 Å². The average Bonchev–Trinajstić information content (AvgIpc) is 2.82. The quantitative estimate of drug-likeness (QED) is 0.154. The molecule has 0 aromatic heterocycles. The fourth-order valence-corrected chi connectivity index (χ4v) is 3.94. The molecule has 3 saturated heterocycles. The summed E-state index contributed by atoms with van der Waals surface area (Å²) in [7, 11) is 0. The number of hydrogen-bond donors (Lipinski definition) is 11. The molecule has 3 aliphatic heterocycles. The highest BCUT2D eigenvalue weighted by Crippen LogP contribution is 2.29. The Morgan fingerprint density at radius 2 is 1.00 bits per heavy atom. The average molecular weight is 504 g/mol. The van der Waals surface area contributed by atoms with Crippen molar-refractivity contribution in [3.8, 4) is 0 Å². The van der Waals surface area contributed by atoms with E-state index in [9.17, 15) is 56.2 Å². The van der Waals surface area contributed by atoms with Gasteiger partial charge in [0.1, 0.15) is 73.2 Å². The minimum Gasteiger partial charge on any atom is -0.394 e. The SMILES string of the molecule is OCC1O[C@H](OCC2O[C@H](O)C(O)C(O[C@H]3O[C@@H](CO)[C@@H](O)C(O)C3O)[C@@H]2O)C(O)C(O)[C@@H]1O. The van der Waals surface area contributed by atoms with Crippen LogP contribution in [0.25, 0.3) is 0 Å². The van der Waals surface area contributed by atoms with Gasteiger partial charge in [0, 0.05) is 0 Å². The molecule has 3 heterocycles. The van der Waals surface area contributed by atoms with E-state index in [1.807, 2.05) is 0 Å². The van der Waals surface area contributed by atoms with Gasteiger partial charge in [-0.3, -0.25) is 0 Å². The van der Waals surface area contributed by atoms with Crippen LogP contribution < -0.4 is 0 Å². The van der Waals surface area contributed by atoms with Crippen molar-refractivity contribution in [2.24, 2.45) is 0 Å². The van der Waals surface area contributed by atoms with Crippen LogP contribution in [-0.2, 0) is 23.7 Å². The fourth-order valence-electron chi connectivity index (χ4n) is 3.94. The third-order valence-electron chi connectivity index (χ3n) is 6.07. The lowest BCUT2D eigenvalue weighted by Crippen LogP contribution is -2.65. The monoisotopic (exact) mass is 504 g/mol. The minimum absolute atomic E-state index is 0.609. The predicted molar refractivity (Wildman–Crippen MR) is 101 cm³/mol. The van der Waals surface area contributed by atoms with Gasteiger partial charge in [-0.15, -0.1) is 0 Å². The molecule has 0 radical (unpaired) electrons. The van der Waals surface area contributed by atoms with Crippen molar-refractivity contribution < 1.29 is 79.9 Å². The summed E-state index contributed by atoms with van der Waals surface area (Å²) in [5.74, 6) is 0. The molecule has 11 N–H and O–H groups in total. The van der Waals surface area contributed by atoms with E-state index >= 15 is 0 Å². The van der Waals surface area contributed by atoms with Crippen LogP contribution in [0.2, 0.25) is 0 Å². The molecule has 0 spiro atoms. The van der Waals surface area contributed by atoms with Crippen LogP contribution in [0.1, 0.15) is 0 Å². The van der Waals surface area contributed by atoms with E-state index in [-0.39, 0.29) is 0 Å². The van der Waals surface area contributed by atoms with Gasteiger partial charge in [-0.2, -0.15) is 0 Å². The third kappa shape index (κ3) is 5.52. The molecule has 16 nitrogen and oxygen atoms in total. The Labute approximate surface area is 192 Å². The van der Waals surface area contributed by atoms with Crippen molar-refractivity contribution in [3.05, 3.63) is 0 Å². The van der Waals surface area contributed by atoms with E-state index in [0.29, 0.717) is 0 Å². The first-order chi connectivity index (χ1) is 16.0. The van der Waals surface area contributed by atoms with Crippen molar-refractivity contribution in [3.63, 3.8) is 0 Å². The van der Waals surface area contributed by atoms with Gasteiger partial charge >= 0.3 is 0 Å². The standard InChI is InChI=1S/C18H32O16/c19-1-4-7(21)10(24)12(26)17(32-4)30-3-6-9(23)15(14(28)16(29)31-6)34-18-13(27)11(25)8(22)5(2-20)33-18/h4-29H,1-3H2/t4?,5-,6?,7+,8+,9+,10?,11?,12?,13?,14?,15?,16-,17-,18+/m0/s1. The zero-order valence-electron chi connectivity index (χ0n) is 17.7. The summed E-state index contributed by atoms with van der Waals surface area (Å²) in [6.45, 7) is -2.06. The fraction of sp³-hybridized carbons (Fsp3) is 1.00. The van der Waals surface area contributed by atoms with Crippen molar-refractivity contribution in [2.75, 3.05) is 19.8 Å². The van der Waals surface area contributed by atoms with Gasteiger partial charge in [0.05, 0.1) is 19.8 Å². The second-order valence-electron chi connectivity index (χ2n) is 8.37. The van der Waals surface area contributed by atoms with Gasteiger partial charge in [0.2, 0.25) is 0 Å². The molecule has 3 rings (SSSR count). The molecule has 200 valence electrons. The van der Waals surface area contributed by atoms with E-state index in [1.54, 1.807) is 0 Å². The molecule has 0 aromatic carbocycles. The second kappa shape index (κ2) is 11.6. The van der Waals surface area contributed by atoms with Crippen LogP contribution in [0.5, 0.6) is 0 Å². The predicted octanol–water partition coefficient (Wildman–Crippen LogP) is -7.57. The molecule has 0 bridgehead atoms. The molecule has 0 saturated carbocycles. The number of aliphatic hydroxyl groups is 11. The van der Waals surface area contributed by atoms with Crippen molar-refractivity contribution in [1.82, 2.24) is 0 Å². The number of hydrogen-bond acceptors (Lipinski definition) is 16. The topological polar surface area (TPSA) is 269 Å². The summed E-state index contributed by atoms with van der Waals surface area (Å²) in [5, 5.41) is 109. The summed E-state index contributed by atoms with van der Waals surface area (Å²) in [4.78, 5) is 0. The van der Waals surface area contributed by atoms with Crippen LogP contribution in [0, 0.1) is 0 Å². The summed E-state index contributed by atoms with van der Waals surface area (Å²) < 4.78 is 26.1. The van der Waals surface area contributed by atoms with Crippen LogP contribution in [-0.4, -0.2) is 168 Å². The Morgan fingerprint density at radius 1 is 0.500 bits per heavy atom. The van der Waals surface area contributed by atoms with Gasteiger partial charge < -0.3 is 79.9 Å². The normalized spacial score (nSPS) is 52.5. The van der Waals surface area contributed by atoms with Crippen LogP contribution in [0.15, 0.2) is 0 Å². The van der Waals surface area contributed by atoms with E-state index in [4.69, 9.17) is 23.7 Å².